The molecule has 0 spiro atoms. The molecule has 1 N–H and O–H groups in total. The first-order valence-electron chi connectivity index (χ1n) is 6.45. The summed E-state index contributed by atoms with van der Waals surface area (Å²) in [5.41, 5.74) is 1.36. The summed E-state index contributed by atoms with van der Waals surface area (Å²) in [4.78, 5) is 15.5. The number of hydrogen-bond acceptors (Lipinski definition) is 4. The quantitative estimate of drug-likeness (QED) is 0.844. The number of alkyl halides is 3. The van der Waals surface area contributed by atoms with Crippen molar-refractivity contribution >= 4 is 29.3 Å². The van der Waals surface area contributed by atoms with Gasteiger partial charge in [0.1, 0.15) is 12.8 Å². The Hall–Kier alpha value is -1.67. The van der Waals surface area contributed by atoms with Gasteiger partial charge in [-0.2, -0.15) is 13.2 Å². The van der Waals surface area contributed by atoms with E-state index in [0.717, 1.165) is 17.3 Å². The Bertz CT molecular complexity index is 659. The van der Waals surface area contributed by atoms with Crippen molar-refractivity contribution in [2.75, 3.05) is 12.3 Å². The normalized spacial score (nSPS) is 11.5. The standard InChI is InChI=1S/C14H12ClF3N2O2S/c15-10-3-1-9(2-4-10)13-20-11(5-22-13)6-23-7-12(21)19-8-14(16,17)18/h1-5H,6-8H2,(H,19,21). The van der Waals surface area contributed by atoms with Crippen molar-refractivity contribution in [1.82, 2.24) is 10.3 Å². The maximum Gasteiger partial charge on any atom is 0.405 e. The minimum absolute atomic E-state index is 0.0841. The number of hydrogen-bond donors (Lipinski definition) is 1. The molecule has 0 atom stereocenters. The predicted molar refractivity (Wildman–Crippen MR) is 82.2 cm³/mol. The lowest BCUT2D eigenvalue weighted by molar-refractivity contribution is -0.136. The molecule has 0 aliphatic carbocycles. The summed E-state index contributed by atoms with van der Waals surface area (Å²) in [5.74, 6) is 0.0166. The highest BCUT2D eigenvalue weighted by molar-refractivity contribution is 7.99. The molecule has 1 heterocycles. The van der Waals surface area contributed by atoms with Gasteiger partial charge in [0.2, 0.25) is 11.8 Å². The van der Waals surface area contributed by atoms with Crippen molar-refractivity contribution in [1.29, 1.82) is 0 Å². The molecule has 0 aliphatic rings. The molecule has 0 saturated heterocycles. The third-order valence-corrected chi connectivity index (χ3v) is 3.83. The fraction of sp³-hybridized carbons (Fsp3) is 0.286. The highest BCUT2D eigenvalue weighted by Crippen LogP contribution is 2.22. The summed E-state index contributed by atoms with van der Waals surface area (Å²) in [6, 6.07) is 6.94. The van der Waals surface area contributed by atoms with Crippen LogP contribution in [0.1, 0.15) is 5.69 Å². The van der Waals surface area contributed by atoms with E-state index in [4.69, 9.17) is 16.0 Å². The molecule has 4 nitrogen and oxygen atoms in total. The van der Waals surface area contributed by atoms with E-state index in [-0.39, 0.29) is 5.75 Å². The average Bonchev–Trinajstić information content (AvgIpc) is 2.94. The Kier molecular flexibility index (Phi) is 5.95. The highest BCUT2D eigenvalue weighted by atomic mass is 35.5. The van der Waals surface area contributed by atoms with Gasteiger partial charge in [0.15, 0.2) is 0 Å². The van der Waals surface area contributed by atoms with Gasteiger partial charge in [0.05, 0.1) is 11.4 Å². The van der Waals surface area contributed by atoms with Crippen LogP contribution in [0, 0.1) is 0 Å². The van der Waals surface area contributed by atoms with Crippen LogP contribution in [0.3, 0.4) is 0 Å². The lowest BCUT2D eigenvalue weighted by atomic mass is 10.2. The first-order chi connectivity index (χ1) is 10.8. The number of nitrogens with zero attached hydrogens (tertiary/aromatic N) is 1. The molecule has 0 fully saturated rings. The molecule has 0 unspecified atom stereocenters. The Morgan fingerprint density at radius 3 is 2.65 bits per heavy atom. The molecule has 23 heavy (non-hydrogen) atoms. The van der Waals surface area contributed by atoms with Gasteiger partial charge >= 0.3 is 6.18 Å². The van der Waals surface area contributed by atoms with Crippen LogP contribution >= 0.6 is 23.4 Å². The molecular formula is C14H12ClF3N2O2S. The Morgan fingerprint density at radius 1 is 1.30 bits per heavy atom. The van der Waals surface area contributed by atoms with Gasteiger partial charge < -0.3 is 9.73 Å². The Balaban J connectivity index is 1.79. The summed E-state index contributed by atoms with van der Waals surface area (Å²) >= 11 is 6.95. The largest absolute Gasteiger partial charge is 0.444 e. The molecule has 2 aromatic rings. The second kappa shape index (κ2) is 7.74. The molecule has 0 saturated carbocycles. The second-order valence-electron chi connectivity index (χ2n) is 4.54. The molecule has 0 aliphatic heterocycles. The van der Waals surface area contributed by atoms with Crippen LogP contribution in [0.15, 0.2) is 34.9 Å². The van der Waals surface area contributed by atoms with E-state index in [1.165, 1.54) is 6.26 Å². The zero-order valence-electron chi connectivity index (χ0n) is 11.7. The molecule has 1 aromatic carbocycles. The van der Waals surface area contributed by atoms with Gasteiger partial charge in [-0.3, -0.25) is 4.79 Å². The number of thioether (sulfide) groups is 1. The number of benzene rings is 1. The van der Waals surface area contributed by atoms with Crippen LogP contribution in [0.4, 0.5) is 13.2 Å². The highest BCUT2D eigenvalue weighted by Gasteiger charge is 2.27. The molecule has 1 amide bonds. The van der Waals surface area contributed by atoms with E-state index in [1.807, 2.05) is 0 Å². The van der Waals surface area contributed by atoms with Gasteiger partial charge in [-0.05, 0) is 24.3 Å². The van der Waals surface area contributed by atoms with Crippen LogP contribution in [-0.2, 0) is 10.5 Å². The molecule has 2 rings (SSSR count). The minimum Gasteiger partial charge on any atom is -0.444 e. The first-order valence-corrected chi connectivity index (χ1v) is 7.98. The van der Waals surface area contributed by atoms with Crippen LogP contribution in [0.5, 0.6) is 0 Å². The van der Waals surface area contributed by atoms with Crippen molar-refractivity contribution in [3.05, 3.63) is 41.2 Å². The van der Waals surface area contributed by atoms with Crippen molar-refractivity contribution in [2.45, 2.75) is 11.9 Å². The topological polar surface area (TPSA) is 55.1 Å². The number of nitrogens with one attached hydrogen (secondary N) is 1. The maximum absolute atomic E-state index is 11.9. The molecule has 9 heteroatoms. The molecule has 0 radical (unpaired) electrons. The third-order valence-electron chi connectivity index (χ3n) is 2.61. The van der Waals surface area contributed by atoms with Gasteiger partial charge in [-0.1, -0.05) is 11.6 Å². The molecular weight excluding hydrogens is 353 g/mol. The number of carbonyl (C=O) groups excluding carboxylic acids is 1. The van der Waals surface area contributed by atoms with Gasteiger partial charge in [0, 0.05) is 16.3 Å². The monoisotopic (exact) mass is 364 g/mol. The third kappa shape index (κ3) is 6.15. The van der Waals surface area contributed by atoms with Gasteiger partial charge in [-0.15, -0.1) is 11.8 Å². The van der Waals surface area contributed by atoms with E-state index in [2.05, 4.69) is 4.98 Å². The maximum atomic E-state index is 11.9. The molecule has 1 aromatic heterocycles. The van der Waals surface area contributed by atoms with E-state index in [1.54, 1.807) is 29.6 Å². The summed E-state index contributed by atoms with van der Waals surface area (Å²) in [6.45, 7) is -1.32. The predicted octanol–water partition coefficient (Wildman–Crippen LogP) is 3.91. The van der Waals surface area contributed by atoms with Crippen LogP contribution in [0.25, 0.3) is 11.5 Å². The number of aromatic nitrogens is 1. The van der Waals surface area contributed by atoms with Crippen LogP contribution in [0.2, 0.25) is 5.02 Å². The zero-order valence-corrected chi connectivity index (χ0v) is 13.3. The fourth-order valence-electron chi connectivity index (χ4n) is 1.60. The van der Waals surface area contributed by atoms with Gasteiger partial charge in [-0.25, -0.2) is 4.98 Å². The van der Waals surface area contributed by atoms with Crippen LogP contribution in [-0.4, -0.2) is 29.4 Å². The number of halogens is 4. The summed E-state index contributed by atoms with van der Waals surface area (Å²) < 4.78 is 41.1. The zero-order chi connectivity index (χ0) is 16.9. The second-order valence-corrected chi connectivity index (χ2v) is 5.96. The van der Waals surface area contributed by atoms with E-state index in [0.29, 0.717) is 22.4 Å². The summed E-state index contributed by atoms with van der Waals surface area (Å²) in [6.07, 6.45) is -2.95. The van der Waals surface area contributed by atoms with Crippen molar-refractivity contribution in [3.8, 4) is 11.5 Å². The Morgan fingerprint density at radius 2 is 2.00 bits per heavy atom. The van der Waals surface area contributed by atoms with E-state index in [9.17, 15) is 18.0 Å². The number of oxazole rings is 1. The van der Waals surface area contributed by atoms with Crippen LogP contribution < -0.4 is 5.32 Å². The number of rotatable bonds is 6. The lowest BCUT2D eigenvalue weighted by Gasteiger charge is -2.07. The van der Waals surface area contributed by atoms with Crippen molar-refractivity contribution < 1.29 is 22.4 Å². The van der Waals surface area contributed by atoms with Crippen molar-refractivity contribution in [3.63, 3.8) is 0 Å². The lowest BCUT2D eigenvalue weighted by Crippen LogP contribution is -2.34. The molecule has 124 valence electrons. The minimum atomic E-state index is -4.40. The number of amides is 1. The molecule has 0 bridgehead atoms. The fourth-order valence-corrected chi connectivity index (χ4v) is 2.45. The average molecular weight is 365 g/mol. The number of carbonyl (C=O) groups is 1. The van der Waals surface area contributed by atoms with Crippen molar-refractivity contribution in [2.24, 2.45) is 0 Å². The summed E-state index contributed by atoms with van der Waals surface area (Å²) in [5, 5.41) is 2.40. The smallest absolute Gasteiger partial charge is 0.405 e. The van der Waals surface area contributed by atoms with E-state index >= 15 is 0 Å². The van der Waals surface area contributed by atoms with Gasteiger partial charge in [0.25, 0.3) is 0 Å². The summed E-state index contributed by atoms with van der Waals surface area (Å²) in [7, 11) is 0. The SMILES string of the molecule is O=C(CSCc1coc(-c2ccc(Cl)cc2)n1)NCC(F)(F)F. The van der Waals surface area contributed by atoms with E-state index < -0.39 is 18.6 Å². The first kappa shape index (κ1) is 17.7. The Labute approximate surface area is 139 Å².